The third-order valence-corrected chi connectivity index (χ3v) is 4.17. The molecule has 0 saturated carbocycles. The number of aryl methyl sites for hydroxylation is 1. The van der Waals surface area contributed by atoms with Crippen LogP contribution in [0.3, 0.4) is 0 Å². The number of nitrogens with zero attached hydrogens (tertiary/aromatic N) is 1. The zero-order chi connectivity index (χ0) is 13.8. The summed E-state index contributed by atoms with van der Waals surface area (Å²) in [6.07, 6.45) is 3.59. The van der Waals surface area contributed by atoms with Gasteiger partial charge in [0.25, 0.3) is 0 Å². The summed E-state index contributed by atoms with van der Waals surface area (Å²) in [7, 11) is 0. The molecule has 0 spiro atoms. The van der Waals surface area contributed by atoms with E-state index >= 15 is 0 Å². The first-order valence-corrected chi connectivity index (χ1v) is 7.30. The molecule has 1 aliphatic heterocycles. The Hall–Kier alpha value is -0.770. The van der Waals surface area contributed by atoms with Gasteiger partial charge in [-0.1, -0.05) is 35.7 Å². The Morgan fingerprint density at radius 1 is 1.26 bits per heavy atom. The molecule has 0 radical (unpaired) electrons. The minimum absolute atomic E-state index is 0.0590. The Balaban J connectivity index is 2.00. The molecule has 1 aliphatic rings. The second-order valence-corrected chi connectivity index (χ2v) is 5.72. The van der Waals surface area contributed by atoms with Crippen molar-refractivity contribution in [3.8, 4) is 0 Å². The third-order valence-electron chi connectivity index (χ3n) is 3.36. The van der Waals surface area contributed by atoms with Gasteiger partial charge < -0.3 is 5.32 Å². The van der Waals surface area contributed by atoms with E-state index in [1.807, 2.05) is 13.0 Å². The average molecular weight is 301 g/mol. The fraction of sp³-hybridized carbons (Fsp3) is 0.500. The Kier molecular flexibility index (Phi) is 5.08. The number of anilines is 1. The summed E-state index contributed by atoms with van der Waals surface area (Å²) < 4.78 is 0. The molecule has 1 fully saturated rings. The number of likely N-dealkylation sites (tertiary alicyclic amines) is 1. The summed E-state index contributed by atoms with van der Waals surface area (Å²) in [5, 5.41) is 3.81. The number of hydrogen-bond acceptors (Lipinski definition) is 2. The molecule has 3 nitrogen and oxygen atoms in total. The summed E-state index contributed by atoms with van der Waals surface area (Å²) in [5.41, 5.74) is 1.42. The Labute approximate surface area is 123 Å². The molecule has 0 bridgehead atoms. The molecular weight excluding hydrogens is 283 g/mol. The smallest absolute Gasteiger partial charge is 0.238 e. The van der Waals surface area contributed by atoms with E-state index in [2.05, 4.69) is 10.2 Å². The molecule has 104 valence electrons. The van der Waals surface area contributed by atoms with Crippen molar-refractivity contribution in [1.29, 1.82) is 0 Å². The van der Waals surface area contributed by atoms with E-state index < -0.39 is 0 Å². The highest BCUT2D eigenvalue weighted by molar-refractivity contribution is 6.40. The number of carbonyl (C=O) groups is 1. The molecule has 0 aromatic heterocycles. The maximum Gasteiger partial charge on any atom is 0.238 e. The largest absolute Gasteiger partial charge is 0.322 e. The molecular formula is C14H18Cl2N2O. The number of benzene rings is 1. The lowest BCUT2D eigenvalue weighted by Gasteiger charge is -2.25. The first-order chi connectivity index (χ1) is 9.08. The maximum atomic E-state index is 12.0. The molecule has 1 heterocycles. The summed E-state index contributed by atoms with van der Waals surface area (Å²) >= 11 is 12.2. The lowest BCUT2D eigenvalue weighted by atomic mass is 10.1. The highest BCUT2D eigenvalue weighted by atomic mass is 35.5. The van der Waals surface area contributed by atoms with Gasteiger partial charge in [-0.25, -0.2) is 0 Å². The van der Waals surface area contributed by atoms with Crippen LogP contribution in [0, 0.1) is 6.92 Å². The fourth-order valence-corrected chi connectivity index (χ4v) is 2.74. The topological polar surface area (TPSA) is 32.3 Å². The van der Waals surface area contributed by atoms with Gasteiger partial charge in [0.2, 0.25) is 5.91 Å². The quantitative estimate of drug-likeness (QED) is 0.922. The summed E-state index contributed by atoms with van der Waals surface area (Å²) in [6.45, 7) is 4.27. The molecule has 5 heteroatoms. The lowest BCUT2D eigenvalue weighted by Crippen LogP contribution is -2.36. The maximum absolute atomic E-state index is 12.0. The second kappa shape index (κ2) is 6.60. The van der Waals surface area contributed by atoms with E-state index in [0.29, 0.717) is 22.3 Å². The van der Waals surface area contributed by atoms with Gasteiger partial charge in [0.1, 0.15) is 0 Å². The van der Waals surface area contributed by atoms with Crippen LogP contribution < -0.4 is 5.32 Å². The SMILES string of the molecule is Cc1ccc(Cl)c(NC(=O)CN2CCCCC2)c1Cl. The van der Waals surface area contributed by atoms with Crippen LogP contribution in [0.1, 0.15) is 24.8 Å². The third kappa shape index (κ3) is 3.85. The number of carbonyl (C=O) groups excluding carboxylic acids is 1. The first-order valence-electron chi connectivity index (χ1n) is 6.55. The number of piperidine rings is 1. The molecule has 1 aromatic rings. The molecule has 1 N–H and O–H groups in total. The van der Waals surface area contributed by atoms with Gasteiger partial charge in [0.05, 0.1) is 22.3 Å². The van der Waals surface area contributed by atoms with Gasteiger partial charge in [0, 0.05) is 0 Å². The standard InChI is InChI=1S/C14H18Cl2N2O/c1-10-5-6-11(15)14(13(10)16)17-12(19)9-18-7-3-2-4-8-18/h5-6H,2-4,7-9H2,1H3,(H,17,19). The van der Waals surface area contributed by atoms with Gasteiger partial charge in [-0.15, -0.1) is 0 Å². The molecule has 19 heavy (non-hydrogen) atoms. The van der Waals surface area contributed by atoms with Crippen LogP contribution in [-0.4, -0.2) is 30.4 Å². The zero-order valence-corrected chi connectivity index (χ0v) is 12.5. The van der Waals surface area contributed by atoms with Crippen LogP contribution in [0.25, 0.3) is 0 Å². The van der Waals surface area contributed by atoms with E-state index in [1.54, 1.807) is 6.07 Å². The highest BCUT2D eigenvalue weighted by Gasteiger charge is 2.16. The molecule has 0 unspecified atom stereocenters. The predicted molar refractivity (Wildman–Crippen MR) is 80.1 cm³/mol. The summed E-state index contributed by atoms with van der Waals surface area (Å²) in [6, 6.07) is 3.59. The van der Waals surface area contributed by atoms with Gasteiger partial charge in [-0.3, -0.25) is 9.69 Å². The van der Waals surface area contributed by atoms with Crippen molar-refractivity contribution in [2.24, 2.45) is 0 Å². The summed E-state index contributed by atoms with van der Waals surface area (Å²) in [5.74, 6) is -0.0590. The van der Waals surface area contributed by atoms with Gasteiger partial charge in [-0.05, 0) is 44.5 Å². The van der Waals surface area contributed by atoms with Crippen LogP contribution >= 0.6 is 23.2 Å². The van der Waals surface area contributed by atoms with Crippen molar-refractivity contribution in [2.75, 3.05) is 25.0 Å². The number of rotatable bonds is 3. The van der Waals surface area contributed by atoms with E-state index in [4.69, 9.17) is 23.2 Å². The van der Waals surface area contributed by atoms with Crippen molar-refractivity contribution >= 4 is 34.8 Å². The van der Waals surface area contributed by atoms with Gasteiger partial charge in [-0.2, -0.15) is 0 Å². The second-order valence-electron chi connectivity index (χ2n) is 4.94. The minimum Gasteiger partial charge on any atom is -0.322 e. The average Bonchev–Trinajstić information content (AvgIpc) is 2.40. The van der Waals surface area contributed by atoms with Crippen molar-refractivity contribution in [3.63, 3.8) is 0 Å². The van der Waals surface area contributed by atoms with Crippen LogP contribution in [0.15, 0.2) is 12.1 Å². The van der Waals surface area contributed by atoms with Gasteiger partial charge in [0.15, 0.2) is 0 Å². The normalized spacial score (nSPS) is 16.4. The van der Waals surface area contributed by atoms with Crippen molar-refractivity contribution in [3.05, 3.63) is 27.7 Å². The van der Waals surface area contributed by atoms with Crippen LogP contribution in [-0.2, 0) is 4.79 Å². The van der Waals surface area contributed by atoms with Crippen molar-refractivity contribution in [1.82, 2.24) is 4.90 Å². The number of nitrogens with one attached hydrogen (secondary N) is 1. The zero-order valence-electron chi connectivity index (χ0n) is 11.0. The Morgan fingerprint density at radius 2 is 1.95 bits per heavy atom. The molecule has 2 rings (SSSR count). The first kappa shape index (κ1) is 14.6. The molecule has 0 atom stereocenters. The molecule has 0 aliphatic carbocycles. The number of amides is 1. The summed E-state index contributed by atoms with van der Waals surface area (Å²) in [4.78, 5) is 14.2. The fourth-order valence-electron chi connectivity index (χ4n) is 2.27. The molecule has 1 aromatic carbocycles. The Morgan fingerprint density at radius 3 is 2.63 bits per heavy atom. The van der Waals surface area contributed by atoms with Crippen LogP contribution in [0.2, 0.25) is 10.0 Å². The molecule has 1 amide bonds. The predicted octanol–water partition coefficient (Wildman–Crippen LogP) is 3.73. The van der Waals surface area contributed by atoms with E-state index in [9.17, 15) is 4.79 Å². The van der Waals surface area contributed by atoms with Crippen LogP contribution in [0.4, 0.5) is 5.69 Å². The highest BCUT2D eigenvalue weighted by Crippen LogP contribution is 2.32. The van der Waals surface area contributed by atoms with E-state index in [1.165, 1.54) is 19.3 Å². The Bertz CT molecular complexity index is 471. The molecule has 1 saturated heterocycles. The monoisotopic (exact) mass is 300 g/mol. The minimum atomic E-state index is -0.0590. The van der Waals surface area contributed by atoms with Crippen molar-refractivity contribution < 1.29 is 4.79 Å². The van der Waals surface area contributed by atoms with Crippen LogP contribution in [0.5, 0.6) is 0 Å². The number of hydrogen-bond donors (Lipinski definition) is 1. The lowest BCUT2D eigenvalue weighted by molar-refractivity contribution is -0.117. The number of halogens is 2. The van der Waals surface area contributed by atoms with Crippen molar-refractivity contribution in [2.45, 2.75) is 26.2 Å². The van der Waals surface area contributed by atoms with E-state index in [-0.39, 0.29) is 5.91 Å². The van der Waals surface area contributed by atoms with Gasteiger partial charge >= 0.3 is 0 Å². The van der Waals surface area contributed by atoms with E-state index in [0.717, 1.165) is 18.7 Å².